The van der Waals surface area contributed by atoms with E-state index in [9.17, 15) is 4.79 Å². The summed E-state index contributed by atoms with van der Waals surface area (Å²) >= 11 is 0. The molecule has 1 aromatic carbocycles. The molecule has 1 N–H and O–H groups in total. The van der Waals surface area contributed by atoms with Gasteiger partial charge in [-0.15, -0.1) is 0 Å². The average Bonchev–Trinajstić information content (AvgIpc) is 2.18. The van der Waals surface area contributed by atoms with Crippen molar-refractivity contribution in [2.45, 2.75) is 26.7 Å². The lowest BCUT2D eigenvalue weighted by atomic mass is 10.0. The molecule has 3 heteroatoms. The number of hydrogen-bond acceptors (Lipinski definition) is 2. The maximum absolute atomic E-state index is 11.1. The van der Waals surface area contributed by atoms with Crippen LogP contribution in [0.15, 0.2) is 18.2 Å². The Morgan fingerprint density at radius 3 is 2.67 bits per heavy atom. The van der Waals surface area contributed by atoms with Crippen molar-refractivity contribution in [2.75, 3.05) is 6.61 Å². The Hall–Kier alpha value is -1.51. The molecule has 0 aliphatic rings. The van der Waals surface area contributed by atoms with Crippen LogP contribution in [0.2, 0.25) is 0 Å². The summed E-state index contributed by atoms with van der Waals surface area (Å²) in [5.74, 6) is -0.446. The minimum Gasteiger partial charge on any atom is -0.493 e. The molecule has 0 saturated heterocycles. The van der Waals surface area contributed by atoms with Gasteiger partial charge in [0.2, 0.25) is 0 Å². The Kier molecular flexibility index (Phi) is 4.16. The Balaban J connectivity index is 3.15. The third kappa shape index (κ3) is 2.72. The molecule has 0 aliphatic carbocycles. The van der Waals surface area contributed by atoms with E-state index >= 15 is 0 Å². The van der Waals surface area contributed by atoms with Gasteiger partial charge in [-0.1, -0.05) is 25.5 Å². The van der Waals surface area contributed by atoms with Gasteiger partial charge in [0.25, 0.3) is 0 Å². The lowest BCUT2D eigenvalue weighted by molar-refractivity contribution is 0.0691. The molecule has 0 radical (unpaired) electrons. The summed E-state index contributed by atoms with van der Waals surface area (Å²) in [6.07, 6.45) is 1.69. The minimum atomic E-state index is -0.914. The van der Waals surface area contributed by atoms with E-state index in [1.807, 2.05) is 26.0 Å². The molecule has 1 rings (SSSR count). The third-order valence-corrected chi connectivity index (χ3v) is 2.15. The van der Waals surface area contributed by atoms with Crippen molar-refractivity contribution in [3.05, 3.63) is 29.3 Å². The number of carboxylic acid groups (broad SMARTS) is 1. The van der Waals surface area contributed by atoms with Gasteiger partial charge < -0.3 is 9.84 Å². The second-order valence-electron chi connectivity index (χ2n) is 3.28. The Labute approximate surface area is 89.7 Å². The van der Waals surface area contributed by atoms with Gasteiger partial charge in [-0.05, 0) is 25.0 Å². The molecular formula is C12H16O3. The van der Waals surface area contributed by atoms with Crippen LogP contribution in [0.4, 0.5) is 0 Å². The summed E-state index contributed by atoms with van der Waals surface area (Å²) in [6, 6.07) is 5.38. The second kappa shape index (κ2) is 5.39. The minimum absolute atomic E-state index is 0.307. The molecule has 0 unspecified atom stereocenters. The van der Waals surface area contributed by atoms with Crippen LogP contribution in [0.1, 0.15) is 36.2 Å². The van der Waals surface area contributed by atoms with Crippen LogP contribution in [0.25, 0.3) is 0 Å². The Bertz CT molecular complexity index is 320. The number of ether oxygens (including phenoxy) is 1. The summed E-state index contributed by atoms with van der Waals surface area (Å²) in [5.41, 5.74) is 1.15. The van der Waals surface area contributed by atoms with Gasteiger partial charge >= 0.3 is 5.97 Å². The number of carbonyl (C=O) groups is 1. The van der Waals surface area contributed by atoms with Crippen molar-refractivity contribution in [1.29, 1.82) is 0 Å². The molecule has 0 bridgehead atoms. The largest absolute Gasteiger partial charge is 0.493 e. The SMILES string of the molecule is CCCc1cccc(OCC)c1C(=O)O. The molecule has 0 fully saturated rings. The predicted molar refractivity (Wildman–Crippen MR) is 58.6 cm³/mol. The van der Waals surface area contributed by atoms with Crippen molar-refractivity contribution >= 4 is 5.97 Å². The van der Waals surface area contributed by atoms with Gasteiger partial charge in [-0.3, -0.25) is 0 Å². The topological polar surface area (TPSA) is 46.5 Å². The summed E-state index contributed by atoms with van der Waals surface area (Å²) in [5, 5.41) is 9.12. The molecule has 0 heterocycles. The molecule has 0 aromatic heterocycles. The highest BCUT2D eigenvalue weighted by Crippen LogP contribution is 2.23. The monoisotopic (exact) mass is 208 g/mol. The first-order chi connectivity index (χ1) is 7.20. The molecule has 15 heavy (non-hydrogen) atoms. The number of benzene rings is 1. The van der Waals surface area contributed by atoms with Crippen molar-refractivity contribution in [3.8, 4) is 5.75 Å². The molecule has 3 nitrogen and oxygen atoms in total. The molecule has 0 amide bonds. The smallest absolute Gasteiger partial charge is 0.339 e. The fraction of sp³-hybridized carbons (Fsp3) is 0.417. The first-order valence-electron chi connectivity index (χ1n) is 5.18. The average molecular weight is 208 g/mol. The highest BCUT2D eigenvalue weighted by atomic mass is 16.5. The van der Waals surface area contributed by atoms with E-state index in [4.69, 9.17) is 9.84 Å². The van der Waals surface area contributed by atoms with E-state index < -0.39 is 5.97 Å². The van der Waals surface area contributed by atoms with Gasteiger partial charge in [-0.25, -0.2) is 4.79 Å². The zero-order valence-corrected chi connectivity index (χ0v) is 9.12. The van der Waals surface area contributed by atoms with Crippen LogP contribution < -0.4 is 4.74 Å². The lowest BCUT2D eigenvalue weighted by Gasteiger charge is -2.10. The fourth-order valence-corrected chi connectivity index (χ4v) is 1.57. The highest BCUT2D eigenvalue weighted by molar-refractivity contribution is 5.92. The van der Waals surface area contributed by atoms with Crippen molar-refractivity contribution in [1.82, 2.24) is 0 Å². The van der Waals surface area contributed by atoms with E-state index in [1.54, 1.807) is 6.07 Å². The molecule has 1 aromatic rings. The van der Waals surface area contributed by atoms with Crippen molar-refractivity contribution in [2.24, 2.45) is 0 Å². The zero-order chi connectivity index (χ0) is 11.3. The molecular weight excluding hydrogens is 192 g/mol. The van der Waals surface area contributed by atoms with Crippen LogP contribution in [0.3, 0.4) is 0 Å². The quantitative estimate of drug-likeness (QED) is 0.809. The number of aromatic carboxylic acids is 1. The number of carboxylic acids is 1. The molecule has 0 atom stereocenters. The summed E-state index contributed by atoms with van der Waals surface area (Å²) in [4.78, 5) is 11.1. The van der Waals surface area contributed by atoms with Crippen molar-refractivity contribution in [3.63, 3.8) is 0 Å². The van der Waals surface area contributed by atoms with Gasteiger partial charge in [-0.2, -0.15) is 0 Å². The maximum Gasteiger partial charge on any atom is 0.339 e. The van der Waals surface area contributed by atoms with E-state index in [-0.39, 0.29) is 0 Å². The van der Waals surface area contributed by atoms with Gasteiger partial charge in [0, 0.05) is 0 Å². The number of aryl methyl sites for hydroxylation is 1. The predicted octanol–water partition coefficient (Wildman–Crippen LogP) is 2.74. The second-order valence-corrected chi connectivity index (χ2v) is 3.28. The Morgan fingerprint density at radius 1 is 1.40 bits per heavy atom. The summed E-state index contributed by atoms with van der Waals surface area (Å²) < 4.78 is 5.30. The fourth-order valence-electron chi connectivity index (χ4n) is 1.57. The standard InChI is InChI=1S/C12H16O3/c1-3-6-9-7-5-8-10(15-4-2)11(9)12(13)14/h5,7-8H,3-4,6H2,1-2H3,(H,13,14). The molecule has 0 aliphatic heterocycles. The van der Waals surface area contributed by atoms with E-state index in [0.29, 0.717) is 17.9 Å². The van der Waals surface area contributed by atoms with Crippen LogP contribution in [0, 0.1) is 0 Å². The summed E-state index contributed by atoms with van der Waals surface area (Å²) in [7, 11) is 0. The number of rotatable bonds is 5. The Morgan fingerprint density at radius 2 is 2.13 bits per heavy atom. The van der Waals surface area contributed by atoms with Crippen LogP contribution >= 0.6 is 0 Å². The van der Waals surface area contributed by atoms with Crippen molar-refractivity contribution < 1.29 is 14.6 Å². The van der Waals surface area contributed by atoms with E-state index in [1.165, 1.54) is 0 Å². The van der Waals surface area contributed by atoms with Gasteiger partial charge in [0.15, 0.2) is 0 Å². The van der Waals surface area contributed by atoms with Crippen LogP contribution in [0.5, 0.6) is 5.75 Å². The van der Waals surface area contributed by atoms with E-state index in [2.05, 4.69) is 0 Å². The normalized spacial score (nSPS) is 10.0. The molecule has 82 valence electrons. The molecule has 0 saturated carbocycles. The highest BCUT2D eigenvalue weighted by Gasteiger charge is 2.15. The molecule has 0 spiro atoms. The lowest BCUT2D eigenvalue weighted by Crippen LogP contribution is -2.06. The van der Waals surface area contributed by atoms with Crippen LogP contribution in [-0.4, -0.2) is 17.7 Å². The maximum atomic E-state index is 11.1. The first kappa shape index (κ1) is 11.6. The van der Waals surface area contributed by atoms with Gasteiger partial charge in [0.1, 0.15) is 11.3 Å². The first-order valence-corrected chi connectivity index (χ1v) is 5.18. The van der Waals surface area contributed by atoms with Gasteiger partial charge in [0.05, 0.1) is 6.61 Å². The summed E-state index contributed by atoms with van der Waals surface area (Å²) in [6.45, 7) is 4.35. The third-order valence-electron chi connectivity index (χ3n) is 2.15. The number of hydrogen-bond donors (Lipinski definition) is 1. The zero-order valence-electron chi connectivity index (χ0n) is 9.12. The van der Waals surface area contributed by atoms with E-state index in [0.717, 1.165) is 18.4 Å². The van der Waals surface area contributed by atoms with Crippen LogP contribution in [-0.2, 0) is 6.42 Å².